The minimum atomic E-state index is -4.74. The van der Waals surface area contributed by atoms with Crippen LogP contribution in [0.25, 0.3) is 0 Å². The van der Waals surface area contributed by atoms with Crippen molar-refractivity contribution in [3.63, 3.8) is 0 Å². The SMILES string of the molecule is CC(C)(C)OC(=O)NC1(C(=O)O)CC(Sc2n[nH]c(C(F)(F)F)n2)C2C(C(=O)O)[C@H]21. The second kappa shape index (κ2) is 7.03. The molecule has 166 valence electrons. The van der Waals surface area contributed by atoms with Crippen LogP contribution in [0, 0.1) is 17.8 Å². The number of nitrogens with one attached hydrogen (secondary N) is 2. The first kappa shape index (κ1) is 22.2. The average Bonchev–Trinajstić information content (AvgIpc) is 2.99. The van der Waals surface area contributed by atoms with E-state index in [1.54, 1.807) is 25.9 Å². The van der Waals surface area contributed by atoms with Gasteiger partial charge in [-0.25, -0.2) is 9.59 Å². The molecule has 30 heavy (non-hydrogen) atoms. The monoisotopic (exact) mass is 452 g/mol. The number of alkyl carbamates (subject to hydrolysis) is 1. The van der Waals surface area contributed by atoms with Gasteiger partial charge in [0.1, 0.15) is 11.1 Å². The van der Waals surface area contributed by atoms with E-state index in [-0.39, 0.29) is 11.6 Å². The van der Waals surface area contributed by atoms with Gasteiger partial charge in [0.05, 0.1) is 5.92 Å². The molecule has 5 atom stereocenters. The van der Waals surface area contributed by atoms with Gasteiger partial charge in [-0.2, -0.15) is 18.2 Å². The van der Waals surface area contributed by atoms with E-state index >= 15 is 0 Å². The Morgan fingerprint density at radius 3 is 2.37 bits per heavy atom. The maximum absolute atomic E-state index is 12.7. The van der Waals surface area contributed by atoms with Crippen molar-refractivity contribution in [3.8, 4) is 0 Å². The lowest BCUT2D eigenvalue weighted by Crippen LogP contribution is -2.57. The summed E-state index contributed by atoms with van der Waals surface area (Å²) in [7, 11) is 0. The van der Waals surface area contributed by atoms with Gasteiger partial charge < -0.3 is 20.3 Å². The normalized spacial score (nSPS) is 30.5. The molecule has 2 aliphatic rings. The molecule has 1 heterocycles. The molecule has 4 N–H and O–H groups in total. The van der Waals surface area contributed by atoms with Gasteiger partial charge in [-0.3, -0.25) is 9.89 Å². The van der Waals surface area contributed by atoms with Crippen molar-refractivity contribution >= 4 is 29.8 Å². The molecule has 2 fully saturated rings. The molecule has 0 bridgehead atoms. The Bertz CT molecular complexity index is 885. The highest BCUT2D eigenvalue weighted by molar-refractivity contribution is 7.99. The van der Waals surface area contributed by atoms with Crippen molar-refractivity contribution < 1.29 is 42.5 Å². The molecule has 2 aliphatic carbocycles. The molecule has 0 spiro atoms. The van der Waals surface area contributed by atoms with Crippen LogP contribution in [-0.4, -0.2) is 59.8 Å². The summed E-state index contributed by atoms with van der Waals surface area (Å²) in [5.41, 5.74) is -2.85. The van der Waals surface area contributed by atoms with Crippen LogP contribution in [0.1, 0.15) is 33.0 Å². The van der Waals surface area contributed by atoms with E-state index in [0.717, 1.165) is 11.8 Å². The molecular weight excluding hydrogens is 433 g/mol. The fourth-order valence-corrected chi connectivity index (χ4v) is 5.28. The minimum absolute atomic E-state index is 0.221. The van der Waals surface area contributed by atoms with Crippen LogP contribution >= 0.6 is 11.8 Å². The lowest BCUT2D eigenvalue weighted by molar-refractivity contribution is -0.147. The zero-order chi connectivity index (χ0) is 22.6. The van der Waals surface area contributed by atoms with E-state index in [2.05, 4.69) is 15.4 Å². The maximum Gasteiger partial charge on any atom is 0.451 e. The number of carbonyl (C=O) groups is 3. The van der Waals surface area contributed by atoms with Gasteiger partial charge in [0.2, 0.25) is 11.0 Å². The van der Waals surface area contributed by atoms with Crippen LogP contribution in [0.15, 0.2) is 5.16 Å². The second-order valence-electron chi connectivity index (χ2n) is 8.20. The van der Waals surface area contributed by atoms with Crippen molar-refractivity contribution in [3.05, 3.63) is 5.82 Å². The number of nitrogens with zero attached hydrogens (tertiary/aromatic N) is 2. The molecule has 10 nitrogen and oxygen atoms in total. The number of aliphatic carboxylic acids is 2. The maximum atomic E-state index is 12.7. The first-order chi connectivity index (χ1) is 13.7. The molecule has 0 saturated heterocycles. The second-order valence-corrected chi connectivity index (χ2v) is 9.40. The number of halogens is 3. The average molecular weight is 452 g/mol. The number of ether oxygens (including phenoxy) is 1. The quantitative estimate of drug-likeness (QED) is 0.525. The third kappa shape index (κ3) is 4.04. The van der Waals surface area contributed by atoms with Crippen molar-refractivity contribution in [2.45, 2.75) is 54.9 Å². The first-order valence-electron chi connectivity index (χ1n) is 8.79. The Morgan fingerprint density at radius 2 is 1.90 bits per heavy atom. The minimum Gasteiger partial charge on any atom is -0.481 e. The van der Waals surface area contributed by atoms with E-state index in [1.807, 2.05) is 0 Å². The number of amides is 1. The smallest absolute Gasteiger partial charge is 0.451 e. The Morgan fingerprint density at radius 1 is 1.27 bits per heavy atom. The molecule has 1 aromatic rings. The zero-order valence-corrected chi connectivity index (χ0v) is 16.8. The topological polar surface area (TPSA) is 154 Å². The number of H-pyrrole nitrogens is 1. The number of thioether (sulfide) groups is 1. The van der Waals surface area contributed by atoms with Gasteiger partial charge in [-0.15, -0.1) is 5.10 Å². The van der Waals surface area contributed by atoms with Crippen LogP contribution in [-0.2, 0) is 20.5 Å². The molecule has 0 radical (unpaired) electrons. The Hall–Kier alpha value is -2.51. The fourth-order valence-electron chi connectivity index (χ4n) is 3.92. The number of aromatic nitrogens is 3. The number of hydrogen-bond donors (Lipinski definition) is 4. The Labute approximate surface area is 172 Å². The van der Waals surface area contributed by atoms with E-state index in [0.29, 0.717) is 0 Å². The van der Waals surface area contributed by atoms with Gasteiger partial charge in [0, 0.05) is 11.2 Å². The molecular formula is C16H19F3N4O6S. The highest BCUT2D eigenvalue weighted by Crippen LogP contribution is 2.66. The number of carboxylic acid groups (broad SMARTS) is 2. The molecule has 4 unspecified atom stereocenters. The molecule has 0 aliphatic heterocycles. The number of alkyl halides is 3. The fraction of sp³-hybridized carbons (Fsp3) is 0.688. The molecule has 14 heteroatoms. The third-order valence-electron chi connectivity index (χ3n) is 4.98. The number of carbonyl (C=O) groups excluding carboxylic acids is 1. The van der Waals surface area contributed by atoms with Crippen molar-refractivity contribution in [2.75, 3.05) is 0 Å². The van der Waals surface area contributed by atoms with Gasteiger partial charge in [0.25, 0.3) is 0 Å². The van der Waals surface area contributed by atoms with Crippen molar-refractivity contribution in [2.24, 2.45) is 17.8 Å². The first-order valence-corrected chi connectivity index (χ1v) is 9.67. The molecule has 2 saturated carbocycles. The predicted molar refractivity (Wildman–Crippen MR) is 93.5 cm³/mol. The zero-order valence-electron chi connectivity index (χ0n) is 16.0. The summed E-state index contributed by atoms with van der Waals surface area (Å²) in [5.74, 6) is -6.73. The Balaban J connectivity index is 1.85. The highest BCUT2D eigenvalue weighted by Gasteiger charge is 2.76. The van der Waals surface area contributed by atoms with Crippen LogP contribution < -0.4 is 5.32 Å². The summed E-state index contributed by atoms with van der Waals surface area (Å²) < 4.78 is 43.3. The van der Waals surface area contributed by atoms with Crippen LogP contribution in [0.4, 0.5) is 18.0 Å². The summed E-state index contributed by atoms with van der Waals surface area (Å²) in [6.45, 7) is 4.73. The van der Waals surface area contributed by atoms with E-state index in [4.69, 9.17) is 4.74 Å². The van der Waals surface area contributed by atoms with Gasteiger partial charge in [-0.1, -0.05) is 11.8 Å². The summed E-state index contributed by atoms with van der Waals surface area (Å²) >= 11 is 0.747. The van der Waals surface area contributed by atoms with E-state index in [9.17, 15) is 37.8 Å². The summed E-state index contributed by atoms with van der Waals surface area (Å²) in [6.07, 6.45) is -5.99. The summed E-state index contributed by atoms with van der Waals surface area (Å²) in [4.78, 5) is 39.3. The predicted octanol–water partition coefficient (Wildman–Crippen LogP) is 1.98. The number of fused-ring (bicyclic) bond motifs is 1. The lowest BCUT2D eigenvalue weighted by Gasteiger charge is -2.31. The van der Waals surface area contributed by atoms with Crippen molar-refractivity contribution in [1.82, 2.24) is 20.5 Å². The summed E-state index contributed by atoms with van der Waals surface area (Å²) in [5, 5.41) is 25.8. The largest absolute Gasteiger partial charge is 0.481 e. The molecule has 1 aromatic heterocycles. The van der Waals surface area contributed by atoms with Crippen LogP contribution in [0.5, 0.6) is 0 Å². The Kier molecular flexibility index (Phi) is 5.20. The molecule has 3 rings (SSSR count). The summed E-state index contributed by atoms with van der Waals surface area (Å²) in [6, 6.07) is 0. The molecule has 0 aromatic carbocycles. The van der Waals surface area contributed by atoms with Crippen LogP contribution in [0.2, 0.25) is 0 Å². The number of aromatic amines is 1. The van der Waals surface area contributed by atoms with Gasteiger partial charge in [0.15, 0.2) is 0 Å². The number of rotatable bonds is 5. The third-order valence-corrected chi connectivity index (χ3v) is 6.15. The number of hydrogen-bond acceptors (Lipinski definition) is 7. The van der Waals surface area contributed by atoms with E-state index < -0.39 is 64.2 Å². The number of carboxylic acids is 2. The van der Waals surface area contributed by atoms with E-state index in [1.165, 1.54) is 0 Å². The van der Waals surface area contributed by atoms with Gasteiger partial charge >= 0.3 is 24.2 Å². The standard InChI is InChI=1S/C16H19F3N4O6S/c1-14(2,3)29-13(28)21-15(11(26)27)4-5(6-7(8(6)15)9(24)25)30-12-20-10(22-23-12)16(17,18)19/h5-8H,4H2,1-3H3,(H,21,28)(H,24,25)(H,26,27)(H,20,22,23)/t5?,6?,7?,8-,15?/m0/s1. The van der Waals surface area contributed by atoms with Crippen LogP contribution in [0.3, 0.4) is 0 Å². The lowest BCUT2D eigenvalue weighted by atomic mass is 9.90. The molecule has 1 amide bonds. The van der Waals surface area contributed by atoms with Gasteiger partial charge in [-0.05, 0) is 33.1 Å². The van der Waals surface area contributed by atoms with Crippen molar-refractivity contribution in [1.29, 1.82) is 0 Å². The highest BCUT2D eigenvalue weighted by atomic mass is 32.2.